The molecule has 0 spiro atoms. The number of benzene rings is 1. The molecule has 0 radical (unpaired) electrons. The molecule has 0 bridgehead atoms. The predicted octanol–water partition coefficient (Wildman–Crippen LogP) is -0.504. The van der Waals surface area contributed by atoms with Gasteiger partial charge in [-0.25, -0.2) is 9.59 Å². The van der Waals surface area contributed by atoms with E-state index < -0.39 is 23.7 Å². The lowest BCUT2D eigenvalue weighted by Gasteiger charge is -2.19. The fourth-order valence-corrected chi connectivity index (χ4v) is 1.59. The van der Waals surface area contributed by atoms with Crippen molar-refractivity contribution in [3.63, 3.8) is 0 Å². The molecule has 0 aliphatic carbocycles. The fraction of sp³-hybridized carbons (Fsp3) is 0.182. The molecule has 1 unspecified atom stereocenters. The molecule has 100 valence electrons. The summed E-state index contributed by atoms with van der Waals surface area (Å²) in [5.74, 6) is -2.78. The molecule has 0 aliphatic heterocycles. The normalized spacial score (nSPS) is 12.3. The number of carbonyl (C=O) groups is 2. The highest BCUT2D eigenvalue weighted by Gasteiger charge is 2.25. The zero-order valence-electron chi connectivity index (χ0n) is 9.91. The Bertz CT molecular complexity index is 702. The molecular weight excluding hydrogens is 254 g/mol. The highest BCUT2D eigenvalue weighted by molar-refractivity contribution is 6.09. The molecule has 8 nitrogen and oxygen atoms in total. The summed E-state index contributed by atoms with van der Waals surface area (Å²) in [4.78, 5) is 36.9. The van der Waals surface area contributed by atoms with Crippen LogP contribution < -0.4 is 16.4 Å². The number of hydrogen-bond donors (Lipinski definition) is 3. The van der Waals surface area contributed by atoms with Gasteiger partial charge in [0.1, 0.15) is 0 Å². The average Bonchev–Trinajstić information content (AvgIpc) is 2.74. The van der Waals surface area contributed by atoms with Crippen LogP contribution in [0.2, 0.25) is 0 Å². The van der Waals surface area contributed by atoms with Crippen molar-refractivity contribution in [2.45, 2.75) is 6.04 Å². The molecule has 0 fully saturated rings. The number of anilines is 1. The maximum atomic E-state index is 11.8. The van der Waals surface area contributed by atoms with Gasteiger partial charge in [-0.1, -0.05) is 0 Å². The number of carboxylic acids is 1. The zero-order chi connectivity index (χ0) is 14.2. The number of nitrogens with two attached hydrogens (primary N) is 1. The van der Waals surface area contributed by atoms with Gasteiger partial charge in [0.2, 0.25) is 0 Å². The van der Waals surface area contributed by atoms with Gasteiger partial charge in [0, 0.05) is 12.7 Å². The molecule has 1 amide bonds. The van der Waals surface area contributed by atoms with E-state index in [1.807, 2.05) is 0 Å². The van der Waals surface area contributed by atoms with Gasteiger partial charge in [0.25, 0.3) is 5.91 Å². The van der Waals surface area contributed by atoms with Crippen molar-refractivity contribution >= 4 is 28.7 Å². The molecule has 1 aromatic carbocycles. The van der Waals surface area contributed by atoms with Crippen molar-refractivity contribution < 1.29 is 19.1 Å². The lowest BCUT2D eigenvalue weighted by atomic mass is 10.2. The van der Waals surface area contributed by atoms with E-state index in [1.54, 1.807) is 0 Å². The molecule has 0 saturated carbocycles. The second-order valence-corrected chi connectivity index (χ2v) is 3.91. The first-order valence-corrected chi connectivity index (χ1v) is 5.29. The Morgan fingerprint density at radius 1 is 1.47 bits per heavy atom. The van der Waals surface area contributed by atoms with Crippen molar-refractivity contribution in [3.8, 4) is 0 Å². The fourth-order valence-electron chi connectivity index (χ4n) is 1.59. The largest absolute Gasteiger partial charge is 0.480 e. The molecule has 1 aromatic heterocycles. The number of carbonyl (C=O) groups excluding carboxylic acids is 1. The third kappa shape index (κ3) is 2.33. The van der Waals surface area contributed by atoms with Crippen LogP contribution in [0.3, 0.4) is 0 Å². The highest BCUT2D eigenvalue weighted by Crippen LogP contribution is 2.19. The quantitative estimate of drug-likeness (QED) is 0.641. The number of oxazole rings is 1. The Kier molecular flexibility index (Phi) is 3.09. The second kappa shape index (κ2) is 4.58. The molecule has 19 heavy (non-hydrogen) atoms. The van der Waals surface area contributed by atoms with E-state index in [1.165, 1.54) is 25.2 Å². The molecule has 1 atom stereocenters. The zero-order valence-corrected chi connectivity index (χ0v) is 9.91. The summed E-state index contributed by atoms with van der Waals surface area (Å²) in [7, 11) is 1.39. The minimum Gasteiger partial charge on any atom is -0.480 e. The predicted molar refractivity (Wildman–Crippen MR) is 65.9 cm³/mol. The summed E-state index contributed by atoms with van der Waals surface area (Å²) in [6.07, 6.45) is 0. The average molecular weight is 265 g/mol. The van der Waals surface area contributed by atoms with E-state index in [0.717, 1.165) is 4.90 Å². The molecule has 1 heterocycles. The highest BCUT2D eigenvalue weighted by atomic mass is 16.4. The van der Waals surface area contributed by atoms with Crippen LogP contribution in [0.1, 0.15) is 0 Å². The topological polar surface area (TPSA) is 130 Å². The second-order valence-electron chi connectivity index (χ2n) is 3.91. The molecule has 0 aliphatic rings. The van der Waals surface area contributed by atoms with Gasteiger partial charge >= 0.3 is 11.7 Å². The van der Waals surface area contributed by atoms with E-state index in [2.05, 4.69) is 4.98 Å². The van der Waals surface area contributed by atoms with Gasteiger partial charge in [-0.2, -0.15) is 0 Å². The number of nitrogens with one attached hydrogen (secondary N) is 1. The van der Waals surface area contributed by atoms with E-state index in [-0.39, 0.29) is 0 Å². The SMILES string of the molecule is CN(C(=O)C(N)C(=O)O)c1ccc2oc(=O)[nH]c2c1. The number of nitrogens with zero attached hydrogens (tertiary/aromatic N) is 1. The first kappa shape index (κ1) is 12.8. The van der Waals surface area contributed by atoms with Gasteiger partial charge in [0.05, 0.1) is 5.52 Å². The molecule has 8 heteroatoms. The number of fused-ring (bicyclic) bond motifs is 1. The number of aromatic nitrogens is 1. The Morgan fingerprint density at radius 3 is 2.79 bits per heavy atom. The molecular formula is C11H11N3O5. The number of aromatic amines is 1. The van der Waals surface area contributed by atoms with Crippen molar-refractivity contribution in [1.82, 2.24) is 4.98 Å². The van der Waals surface area contributed by atoms with Crippen LogP contribution in [-0.4, -0.2) is 35.1 Å². The summed E-state index contributed by atoms with van der Waals surface area (Å²) in [6, 6.07) is 2.88. The van der Waals surface area contributed by atoms with Gasteiger partial charge in [0.15, 0.2) is 11.6 Å². The number of hydrogen-bond acceptors (Lipinski definition) is 5. The Balaban J connectivity index is 2.35. The monoisotopic (exact) mass is 265 g/mol. The number of H-pyrrole nitrogens is 1. The first-order chi connectivity index (χ1) is 8.90. The van der Waals surface area contributed by atoms with Crippen LogP contribution in [0.5, 0.6) is 0 Å². The van der Waals surface area contributed by atoms with E-state index in [0.29, 0.717) is 16.8 Å². The Morgan fingerprint density at radius 2 is 2.16 bits per heavy atom. The Labute approximate surface area is 106 Å². The maximum Gasteiger partial charge on any atom is 0.417 e. The summed E-state index contributed by atoms with van der Waals surface area (Å²) < 4.78 is 4.82. The lowest BCUT2D eigenvalue weighted by Crippen LogP contribution is -2.46. The van der Waals surface area contributed by atoms with Gasteiger partial charge in [-0.3, -0.25) is 9.78 Å². The minimum atomic E-state index is -1.64. The van der Waals surface area contributed by atoms with Gasteiger partial charge in [-0.05, 0) is 18.2 Å². The third-order valence-corrected chi connectivity index (χ3v) is 2.65. The molecule has 0 saturated heterocycles. The van der Waals surface area contributed by atoms with Crippen LogP contribution >= 0.6 is 0 Å². The van der Waals surface area contributed by atoms with Crippen LogP contribution in [0, 0.1) is 0 Å². The van der Waals surface area contributed by atoms with E-state index in [9.17, 15) is 14.4 Å². The van der Waals surface area contributed by atoms with E-state index >= 15 is 0 Å². The lowest BCUT2D eigenvalue weighted by molar-refractivity contribution is -0.142. The third-order valence-electron chi connectivity index (χ3n) is 2.65. The van der Waals surface area contributed by atoms with Crippen LogP contribution in [0.4, 0.5) is 5.69 Å². The first-order valence-electron chi connectivity index (χ1n) is 5.29. The van der Waals surface area contributed by atoms with Gasteiger partial charge in [-0.15, -0.1) is 0 Å². The minimum absolute atomic E-state index is 0.345. The number of amides is 1. The summed E-state index contributed by atoms with van der Waals surface area (Å²) in [6.45, 7) is 0. The standard InChI is InChI=1S/C11H11N3O5/c1-14(9(15)8(12)10(16)17)5-2-3-7-6(4-5)13-11(18)19-7/h2-4,8H,12H2,1H3,(H,13,18)(H,16,17). The van der Waals surface area contributed by atoms with Crippen LogP contribution in [0.25, 0.3) is 11.1 Å². The number of aliphatic carboxylic acids is 1. The van der Waals surface area contributed by atoms with Crippen molar-refractivity contribution in [3.05, 3.63) is 28.7 Å². The van der Waals surface area contributed by atoms with Crippen molar-refractivity contribution in [2.75, 3.05) is 11.9 Å². The van der Waals surface area contributed by atoms with Crippen LogP contribution in [0.15, 0.2) is 27.4 Å². The molecule has 2 rings (SSSR count). The Hall–Kier alpha value is -2.61. The molecule has 4 N–H and O–H groups in total. The summed E-state index contributed by atoms with van der Waals surface area (Å²) in [5.41, 5.74) is 6.40. The number of carboxylic acid groups (broad SMARTS) is 1. The number of likely N-dealkylation sites (N-methyl/N-ethyl adjacent to an activating group) is 1. The van der Waals surface area contributed by atoms with Gasteiger partial charge < -0.3 is 20.2 Å². The smallest absolute Gasteiger partial charge is 0.417 e. The molecule has 2 aromatic rings. The van der Waals surface area contributed by atoms with Crippen molar-refractivity contribution in [2.24, 2.45) is 5.73 Å². The van der Waals surface area contributed by atoms with Crippen LogP contribution in [-0.2, 0) is 9.59 Å². The van der Waals surface area contributed by atoms with Crippen molar-refractivity contribution in [1.29, 1.82) is 0 Å². The summed E-state index contributed by atoms with van der Waals surface area (Å²) >= 11 is 0. The maximum absolute atomic E-state index is 11.8. The van der Waals surface area contributed by atoms with E-state index in [4.69, 9.17) is 15.3 Å². The number of rotatable bonds is 3. The summed E-state index contributed by atoms with van der Waals surface area (Å²) in [5, 5.41) is 8.69.